The van der Waals surface area contributed by atoms with Crippen LogP contribution < -0.4 is 0 Å². The minimum absolute atomic E-state index is 0.0973. The fraction of sp³-hybridized carbons (Fsp3) is 0.500. The lowest BCUT2D eigenvalue weighted by molar-refractivity contribution is -0.384. The third-order valence-electron chi connectivity index (χ3n) is 2.67. The Labute approximate surface area is 107 Å². The van der Waals surface area contributed by atoms with Gasteiger partial charge in [0.1, 0.15) is 0 Å². The highest BCUT2D eigenvalue weighted by Crippen LogP contribution is 2.18. The molecule has 0 saturated carbocycles. The molecule has 0 unspecified atom stereocenters. The van der Waals surface area contributed by atoms with E-state index in [0.29, 0.717) is 6.42 Å². The molecule has 0 atom stereocenters. The molecule has 0 amide bonds. The van der Waals surface area contributed by atoms with E-state index in [1.165, 1.54) is 24.3 Å². The van der Waals surface area contributed by atoms with Gasteiger partial charge in [0, 0.05) is 12.1 Å². The molecule has 0 bridgehead atoms. The molecule has 1 aromatic carbocycles. The fourth-order valence-electron chi connectivity index (χ4n) is 1.61. The van der Waals surface area contributed by atoms with Gasteiger partial charge in [-0.2, -0.15) is 0 Å². The first-order valence-corrected chi connectivity index (χ1v) is 7.60. The highest BCUT2D eigenvalue weighted by Gasteiger charge is 2.15. The van der Waals surface area contributed by atoms with Crippen LogP contribution in [0.5, 0.6) is 0 Å². The Balaban J connectivity index is 2.70. The Hall–Kier alpha value is -1.43. The molecule has 0 fully saturated rings. The quantitative estimate of drug-likeness (QED) is 0.434. The molecular weight excluding hydrogens is 254 g/mol. The van der Waals surface area contributed by atoms with Gasteiger partial charge in [0.2, 0.25) is 0 Å². The molecule has 0 saturated heterocycles. The lowest BCUT2D eigenvalue weighted by atomic mass is 10.2. The van der Waals surface area contributed by atoms with Gasteiger partial charge in [-0.25, -0.2) is 8.42 Å². The maximum atomic E-state index is 11.9. The standard InChI is InChI=1S/C12H17NO4S/c1-2-3-4-5-10-18(16,17)12-8-6-11(7-9-12)13(14)15/h6-9H,2-5,10H2,1H3. The van der Waals surface area contributed by atoms with E-state index in [4.69, 9.17) is 0 Å². The molecular formula is C12H17NO4S. The molecule has 18 heavy (non-hydrogen) atoms. The SMILES string of the molecule is CCCCCCS(=O)(=O)c1ccc([N+](=O)[O-])cc1. The van der Waals surface area contributed by atoms with Gasteiger partial charge in [-0.05, 0) is 18.6 Å². The van der Waals surface area contributed by atoms with Crippen molar-refractivity contribution in [2.75, 3.05) is 5.75 Å². The van der Waals surface area contributed by atoms with Crippen LogP contribution in [0, 0.1) is 10.1 Å². The summed E-state index contributed by atoms with van der Waals surface area (Å²) in [7, 11) is -3.31. The van der Waals surface area contributed by atoms with E-state index >= 15 is 0 Å². The average molecular weight is 271 g/mol. The summed E-state index contributed by atoms with van der Waals surface area (Å²) in [5, 5.41) is 10.5. The third kappa shape index (κ3) is 4.10. The molecule has 1 aromatic rings. The molecule has 1 rings (SSSR count). The van der Waals surface area contributed by atoms with Gasteiger partial charge < -0.3 is 0 Å². The number of rotatable bonds is 7. The molecule has 0 heterocycles. The number of sulfone groups is 1. The second-order valence-electron chi connectivity index (χ2n) is 4.13. The lowest BCUT2D eigenvalue weighted by Crippen LogP contribution is -2.06. The first-order valence-electron chi connectivity index (χ1n) is 5.94. The summed E-state index contributed by atoms with van der Waals surface area (Å²) in [6.45, 7) is 2.06. The number of unbranched alkanes of at least 4 members (excludes halogenated alkanes) is 3. The van der Waals surface area contributed by atoms with E-state index in [0.717, 1.165) is 19.3 Å². The molecule has 0 aliphatic heterocycles. The summed E-state index contributed by atoms with van der Waals surface area (Å²) in [5.74, 6) is 0.102. The maximum absolute atomic E-state index is 11.9. The van der Waals surface area contributed by atoms with Crippen molar-refractivity contribution < 1.29 is 13.3 Å². The second-order valence-corrected chi connectivity index (χ2v) is 6.24. The Morgan fingerprint density at radius 3 is 2.22 bits per heavy atom. The van der Waals surface area contributed by atoms with E-state index in [1.54, 1.807) is 0 Å². The summed E-state index contributed by atoms with van der Waals surface area (Å²) in [4.78, 5) is 10.1. The van der Waals surface area contributed by atoms with Crippen molar-refractivity contribution in [1.29, 1.82) is 0 Å². The van der Waals surface area contributed by atoms with Crippen molar-refractivity contribution >= 4 is 15.5 Å². The Morgan fingerprint density at radius 1 is 1.11 bits per heavy atom. The average Bonchev–Trinajstić information content (AvgIpc) is 2.35. The summed E-state index contributed by atoms with van der Waals surface area (Å²) >= 11 is 0. The van der Waals surface area contributed by atoms with E-state index < -0.39 is 14.8 Å². The number of nitrogens with zero attached hydrogens (tertiary/aromatic N) is 1. The lowest BCUT2D eigenvalue weighted by Gasteiger charge is -2.03. The van der Waals surface area contributed by atoms with E-state index in [1.807, 2.05) is 0 Å². The number of hydrogen-bond donors (Lipinski definition) is 0. The van der Waals surface area contributed by atoms with Gasteiger partial charge in [-0.15, -0.1) is 0 Å². The predicted molar refractivity (Wildman–Crippen MR) is 69.3 cm³/mol. The van der Waals surface area contributed by atoms with Crippen molar-refractivity contribution in [3.05, 3.63) is 34.4 Å². The molecule has 0 aliphatic carbocycles. The molecule has 0 aliphatic rings. The van der Waals surface area contributed by atoms with Crippen LogP contribution in [-0.2, 0) is 9.84 Å². The van der Waals surface area contributed by atoms with Gasteiger partial charge in [-0.3, -0.25) is 10.1 Å². The first kappa shape index (κ1) is 14.6. The third-order valence-corrected chi connectivity index (χ3v) is 4.49. The molecule has 0 aromatic heterocycles. The van der Waals surface area contributed by atoms with Crippen molar-refractivity contribution in [1.82, 2.24) is 0 Å². The normalized spacial score (nSPS) is 11.4. The smallest absolute Gasteiger partial charge is 0.258 e. The minimum Gasteiger partial charge on any atom is -0.258 e. The van der Waals surface area contributed by atoms with Crippen LogP contribution in [0.3, 0.4) is 0 Å². The van der Waals surface area contributed by atoms with Crippen LogP contribution >= 0.6 is 0 Å². The molecule has 6 heteroatoms. The van der Waals surface area contributed by atoms with E-state index in [-0.39, 0.29) is 16.3 Å². The zero-order chi connectivity index (χ0) is 13.6. The summed E-state index contributed by atoms with van der Waals surface area (Å²) < 4.78 is 23.8. The van der Waals surface area contributed by atoms with Crippen molar-refractivity contribution in [3.8, 4) is 0 Å². The second kappa shape index (κ2) is 6.49. The number of non-ortho nitro benzene ring substituents is 1. The number of nitro groups is 1. The Morgan fingerprint density at radius 2 is 1.72 bits per heavy atom. The van der Waals surface area contributed by atoms with Crippen molar-refractivity contribution in [2.45, 2.75) is 37.5 Å². The van der Waals surface area contributed by atoms with Crippen LogP contribution in [0.4, 0.5) is 5.69 Å². The molecule has 0 spiro atoms. The molecule has 100 valence electrons. The summed E-state index contributed by atoms with van der Waals surface area (Å²) in [6, 6.07) is 5.04. The predicted octanol–water partition coefficient (Wildman–Crippen LogP) is 2.95. The van der Waals surface area contributed by atoms with Crippen LogP contribution in [0.15, 0.2) is 29.2 Å². The van der Waals surface area contributed by atoms with E-state index in [9.17, 15) is 18.5 Å². The number of nitro benzene ring substituents is 1. The van der Waals surface area contributed by atoms with Gasteiger partial charge in [0.05, 0.1) is 15.6 Å². The molecule has 0 N–H and O–H groups in total. The molecule has 5 nitrogen and oxygen atoms in total. The molecule has 0 radical (unpaired) electrons. The Kier molecular flexibility index (Phi) is 5.27. The van der Waals surface area contributed by atoms with Crippen molar-refractivity contribution in [2.24, 2.45) is 0 Å². The summed E-state index contributed by atoms with van der Waals surface area (Å²) in [5.41, 5.74) is -0.0973. The zero-order valence-corrected chi connectivity index (χ0v) is 11.1. The summed E-state index contributed by atoms with van der Waals surface area (Å²) in [6.07, 6.45) is 3.60. The van der Waals surface area contributed by atoms with Crippen LogP contribution in [0.2, 0.25) is 0 Å². The minimum atomic E-state index is -3.31. The van der Waals surface area contributed by atoms with Gasteiger partial charge in [0.25, 0.3) is 5.69 Å². The number of hydrogen-bond acceptors (Lipinski definition) is 4. The first-order chi connectivity index (χ1) is 8.47. The zero-order valence-electron chi connectivity index (χ0n) is 10.3. The largest absolute Gasteiger partial charge is 0.269 e. The van der Waals surface area contributed by atoms with Crippen LogP contribution in [0.1, 0.15) is 32.6 Å². The number of benzene rings is 1. The van der Waals surface area contributed by atoms with Gasteiger partial charge >= 0.3 is 0 Å². The maximum Gasteiger partial charge on any atom is 0.269 e. The Bertz CT molecular complexity index is 493. The van der Waals surface area contributed by atoms with E-state index in [2.05, 4.69) is 6.92 Å². The van der Waals surface area contributed by atoms with Crippen LogP contribution in [-0.4, -0.2) is 19.1 Å². The van der Waals surface area contributed by atoms with Gasteiger partial charge in [0.15, 0.2) is 9.84 Å². The topological polar surface area (TPSA) is 77.3 Å². The monoisotopic (exact) mass is 271 g/mol. The highest BCUT2D eigenvalue weighted by molar-refractivity contribution is 7.91. The van der Waals surface area contributed by atoms with Crippen molar-refractivity contribution in [3.63, 3.8) is 0 Å². The fourth-order valence-corrected chi connectivity index (χ4v) is 2.98. The van der Waals surface area contributed by atoms with Gasteiger partial charge in [-0.1, -0.05) is 26.2 Å². The van der Waals surface area contributed by atoms with Crippen LogP contribution in [0.25, 0.3) is 0 Å². The highest BCUT2D eigenvalue weighted by atomic mass is 32.2.